The third-order valence-electron chi connectivity index (χ3n) is 21.0. The zero-order chi connectivity index (χ0) is 69.7. The van der Waals surface area contributed by atoms with Crippen LogP contribution in [-0.2, 0) is 30.0 Å². The molecule has 17 rings (SSSR count). The van der Waals surface area contributed by atoms with Crippen molar-refractivity contribution in [1.82, 2.24) is 0 Å². The van der Waals surface area contributed by atoms with Gasteiger partial charge in [-0.15, -0.1) is 0 Å². The summed E-state index contributed by atoms with van der Waals surface area (Å²) in [6.07, 6.45) is 12.2. The van der Waals surface area contributed by atoms with Gasteiger partial charge in [-0.1, -0.05) is 232 Å². The highest BCUT2D eigenvalue weighted by Gasteiger charge is 2.54. The fraction of sp³-hybridized carbons (Fsp3) is 0.0851. The lowest BCUT2D eigenvalue weighted by molar-refractivity contribution is -0.131. The van der Waals surface area contributed by atoms with Crippen LogP contribution in [0.2, 0.25) is 0 Å². The van der Waals surface area contributed by atoms with Gasteiger partial charge in [0.1, 0.15) is 23.0 Å². The molecule has 8 heteroatoms. The van der Waals surface area contributed by atoms with Gasteiger partial charge in [-0.2, -0.15) is 0 Å². The van der Waals surface area contributed by atoms with Crippen molar-refractivity contribution in [1.29, 1.82) is 0 Å². The number of carbonyl (C=O) groups is 4. The van der Waals surface area contributed by atoms with Crippen molar-refractivity contribution in [3.63, 3.8) is 0 Å². The van der Waals surface area contributed by atoms with Gasteiger partial charge in [0.2, 0.25) is 0 Å². The average Bonchev–Trinajstić information content (AvgIpc) is 1.50. The molecule has 3 atom stereocenters. The lowest BCUT2D eigenvalue weighted by atomic mass is 9.62. The fourth-order valence-corrected chi connectivity index (χ4v) is 16.3. The normalized spacial score (nSPS) is 16.4. The Morgan fingerprint density at radius 1 is 0.333 bits per heavy atom. The number of allylic oxidation sites excluding steroid dienone is 6. The van der Waals surface area contributed by atoms with E-state index in [9.17, 15) is 19.2 Å². The van der Waals surface area contributed by atoms with Crippen molar-refractivity contribution in [2.24, 2.45) is 5.92 Å². The number of rotatable bonds is 13. The number of hydrogen-bond acceptors (Lipinski definition) is 8. The summed E-state index contributed by atoms with van der Waals surface area (Å²) >= 11 is 0. The molecule has 0 saturated heterocycles. The van der Waals surface area contributed by atoms with E-state index in [1.807, 2.05) is 72.8 Å². The topological polar surface area (TPSA) is 105 Å². The Morgan fingerprint density at radius 2 is 0.657 bits per heavy atom. The van der Waals surface area contributed by atoms with E-state index in [2.05, 4.69) is 219 Å². The minimum absolute atomic E-state index is 0.0293. The van der Waals surface area contributed by atoms with Crippen LogP contribution in [0.25, 0.3) is 86.5 Å². The molecule has 0 saturated carbocycles. The number of fused-ring (bicyclic) bond motifs is 16. The Labute approximate surface area is 589 Å². The lowest BCUT2D eigenvalue weighted by Crippen LogP contribution is -2.35. The molecule has 0 aromatic heterocycles. The van der Waals surface area contributed by atoms with Crippen molar-refractivity contribution in [3.05, 3.63) is 371 Å². The van der Waals surface area contributed by atoms with Crippen molar-refractivity contribution in [2.45, 2.75) is 44.4 Å². The first-order valence-electron chi connectivity index (χ1n) is 34.3. The molecule has 0 N–H and O–H groups in total. The largest absolute Gasteiger partial charge is 0.423 e. The van der Waals surface area contributed by atoms with E-state index in [1.165, 1.54) is 27.6 Å². The van der Waals surface area contributed by atoms with Gasteiger partial charge in [0.25, 0.3) is 0 Å². The number of esters is 4. The monoisotopic (exact) mass is 1320 g/mol. The molecule has 14 aromatic rings. The molecule has 14 aromatic carbocycles. The van der Waals surface area contributed by atoms with Gasteiger partial charge in [-0.05, 0) is 232 Å². The second-order valence-electron chi connectivity index (χ2n) is 27.3. The highest BCUT2D eigenvalue weighted by Crippen LogP contribution is 2.63. The Kier molecular flexibility index (Phi) is 15.1. The second-order valence-corrected chi connectivity index (χ2v) is 27.3. The van der Waals surface area contributed by atoms with Gasteiger partial charge in [0.15, 0.2) is 0 Å². The van der Waals surface area contributed by atoms with E-state index in [1.54, 1.807) is 39.8 Å². The number of benzene rings is 14. The van der Waals surface area contributed by atoms with Crippen LogP contribution in [-0.4, -0.2) is 23.9 Å². The van der Waals surface area contributed by atoms with Crippen LogP contribution in [0.5, 0.6) is 23.0 Å². The van der Waals surface area contributed by atoms with E-state index in [0.717, 1.165) is 103 Å². The summed E-state index contributed by atoms with van der Waals surface area (Å²) < 4.78 is 23.5. The summed E-state index contributed by atoms with van der Waals surface area (Å²) in [5, 5.41) is 14.5. The summed E-state index contributed by atoms with van der Waals surface area (Å²) in [5.74, 6) is -0.254. The third kappa shape index (κ3) is 10.3. The molecule has 3 aliphatic carbocycles. The summed E-state index contributed by atoms with van der Waals surface area (Å²) in [6.45, 7) is 14.1. The fourth-order valence-electron chi connectivity index (χ4n) is 16.3. The Morgan fingerprint density at radius 3 is 1.07 bits per heavy atom. The van der Waals surface area contributed by atoms with Gasteiger partial charge in [-0.3, -0.25) is 0 Å². The minimum Gasteiger partial charge on any atom is -0.423 e. The van der Waals surface area contributed by atoms with Crippen LogP contribution in [0, 0.1) is 5.92 Å². The van der Waals surface area contributed by atoms with Gasteiger partial charge in [0.05, 0.1) is 10.8 Å². The first kappa shape index (κ1) is 62.7. The molecule has 3 unspecified atom stereocenters. The van der Waals surface area contributed by atoms with Gasteiger partial charge in [-0.25, -0.2) is 19.2 Å². The maximum absolute atomic E-state index is 13.9. The van der Waals surface area contributed by atoms with Crippen molar-refractivity contribution in [2.75, 3.05) is 0 Å². The van der Waals surface area contributed by atoms with Crippen LogP contribution in [0.15, 0.2) is 327 Å². The molecular weight excluding hydrogens is 1260 g/mol. The van der Waals surface area contributed by atoms with E-state index < -0.39 is 34.7 Å². The standard InChI is InChI=1S/C94H66O8/c1-55(2)89(95)99-74-40-29-62-47-70(36-25-66(62)51-74)93(85-22-14-13-21-81(85)82-44-33-59-15-7-10-18-78(59)86(82)93)71-37-26-67-53-76(42-31-63(67)48-71)101-91(97)57(5)23-24-58(6)92(98)102-77-43-32-65-50-73(39-28-69(65)54-77)94(72-38-27-68-52-75(41-30-64(68)49-72)100-90(96)56(3)4)87-79-19-11-8-16-60(79)34-45-83(87)84-46-35-61-17-9-12-20-80(61)88(84)94/h7-54,81,85H,1,3H2,2,4-6H3/b57-23+,58-24+. The molecule has 0 bridgehead atoms. The molecule has 0 spiro atoms. The Balaban J connectivity index is 0.654. The predicted octanol–water partition coefficient (Wildman–Crippen LogP) is 21.7. The molecule has 8 nitrogen and oxygen atoms in total. The molecular formula is C94H66O8. The maximum Gasteiger partial charge on any atom is 0.339 e. The van der Waals surface area contributed by atoms with Crippen LogP contribution in [0.3, 0.4) is 0 Å². The van der Waals surface area contributed by atoms with Crippen LogP contribution < -0.4 is 18.9 Å². The van der Waals surface area contributed by atoms with Crippen molar-refractivity contribution >= 4 is 99.3 Å². The highest BCUT2D eigenvalue weighted by molar-refractivity contribution is 6.08. The summed E-state index contributed by atoms with van der Waals surface area (Å²) in [7, 11) is 0. The minimum atomic E-state index is -0.827. The van der Waals surface area contributed by atoms with E-state index >= 15 is 0 Å². The SMILES string of the molecule is C=C(C)C(=O)Oc1ccc2cc(C3(c4ccc5cc(OC(=O)/C(C)=C/C=C(\C)C(=O)Oc6ccc7cc(C8(c9ccc%10cc(OC(=O)C(=C)C)ccc%10c9)c9c(ccc%10ccccc9%10)C9C=CC=CC98)ccc7c6)ccc5c4)c4c(ccc5ccccc45)-c4ccc5ccccc5c43)ccc2c1. The Hall–Kier alpha value is -12.8. The maximum atomic E-state index is 13.9. The number of hydrogen-bond donors (Lipinski definition) is 0. The lowest BCUT2D eigenvalue weighted by Gasteiger charge is -2.39. The molecule has 0 amide bonds. The van der Waals surface area contributed by atoms with Gasteiger partial charge in [0, 0.05) is 34.1 Å². The zero-order valence-electron chi connectivity index (χ0n) is 56.5. The van der Waals surface area contributed by atoms with Crippen molar-refractivity contribution in [3.8, 4) is 34.1 Å². The average molecular weight is 1320 g/mol. The van der Waals surface area contributed by atoms with Gasteiger partial charge < -0.3 is 18.9 Å². The molecule has 490 valence electrons. The molecule has 0 heterocycles. The zero-order valence-corrected chi connectivity index (χ0v) is 56.5. The second kappa shape index (κ2) is 24.6. The molecule has 0 aliphatic heterocycles. The first-order chi connectivity index (χ1) is 49.6. The summed E-state index contributed by atoms with van der Waals surface area (Å²) in [4.78, 5) is 53.0. The van der Waals surface area contributed by atoms with Crippen molar-refractivity contribution < 1.29 is 38.1 Å². The highest BCUT2D eigenvalue weighted by atomic mass is 16.5. The summed E-state index contributed by atoms with van der Waals surface area (Å²) in [6, 6.07) is 88.7. The van der Waals surface area contributed by atoms with Crippen LogP contribution in [0.4, 0.5) is 0 Å². The van der Waals surface area contributed by atoms with E-state index in [0.29, 0.717) is 45.3 Å². The van der Waals surface area contributed by atoms with Gasteiger partial charge >= 0.3 is 23.9 Å². The predicted molar refractivity (Wildman–Crippen MR) is 410 cm³/mol. The van der Waals surface area contributed by atoms with Crippen LogP contribution >= 0.6 is 0 Å². The number of ether oxygens (including phenoxy) is 4. The third-order valence-corrected chi connectivity index (χ3v) is 21.0. The Bertz CT molecular complexity index is 6090. The quantitative estimate of drug-likeness (QED) is 0.0486. The van der Waals surface area contributed by atoms with E-state index in [-0.39, 0.29) is 11.8 Å². The molecule has 0 radical (unpaired) electrons. The first-order valence-corrected chi connectivity index (χ1v) is 34.3. The van der Waals surface area contributed by atoms with E-state index in [4.69, 9.17) is 18.9 Å². The number of carbonyl (C=O) groups excluding carboxylic acids is 4. The molecule has 102 heavy (non-hydrogen) atoms. The van der Waals surface area contributed by atoms with Crippen LogP contribution in [0.1, 0.15) is 78.1 Å². The molecule has 0 fully saturated rings. The summed E-state index contributed by atoms with van der Waals surface area (Å²) in [5.41, 5.74) is 11.4. The smallest absolute Gasteiger partial charge is 0.339 e. The molecule has 3 aliphatic rings.